The van der Waals surface area contributed by atoms with E-state index in [1.807, 2.05) is 0 Å². The van der Waals surface area contributed by atoms with Gasteiger partial charge in [0.25, 0.3) is 0 Å². The van der Waals surface area contributed by atoms with Crippen molar-refractivity contribution in [2.45, 2.75) is 19.6 Å². The van der Waals surface area contributed by atoms with Crippen molar-refractivity contribution < 1.29 is 13.2 Å². The molecule has 0 amide bonds. The number of nitrogens with two attached hydrogens (primary N) is 1. The van der Waals surface area contributed by atoms with E-state index in [0.717, 1.165) is 0 Å². The fourth-order valence-electron chi connectivity index (χ4n) is 1.47. The standard InChI is InChI=1S/C11H14ClF3N2/c1-2-17(7-11(13,14)15)6-8-3-4-9(16)5-10(8)12/h3-5H,2,6-7,16H2,1H3. The molecule has 0 bridgehead atoms. The summed E-state index contributed by atoms with van der Waals surface area (Å²) in [5.74, 6) is 0. The highest BCUT2D eigenvalue weighted by Gasteiger charge is 2.30. The largest absolute Gasteiger partial charge is 0.401 e. The SMILES string of the molecule is CCN(Cc1ccc(N)cc1Cl)CC(F)(F)F. The van der Waals surface area contributed by atoms with E-state index in [-0.39, 0.29) is 6.54 Å². The second-order valence-electron chi connectivity index (χ2n) is 3.77. The van der Waals surface area contributed by atoms with Gasteiger partial charge in [0.15, 0.2) is 0 Å². The highest BCUT2D eigenvalue weighted by Crippen LogP contribution is 2.23. The zero-order chi connectivity index (χ0) is 13.1. The maximum Gasteiger partial charge on any atom is 0.401 e. The lowest BCUT2D eigenvalue weighted by molar-refractivity contribution is -0.146. The molecule has 17 heavy (non-hydrogen) atoms. The summed E-state index contributed by atoms with van der Waals surface area (Å²) in [6, 6.07) is 4.82. The van der Waals surface area contributed by atoms with Crippen LogP contribution in [0.15, 0.2) is 18.2 Å². The minimum Gasteiger partial charge on any atom is -0.399 e. The zero-order valence-corrected chi connectivity index (χ0v) is 10.1. The third-order valence-corrected chi connectivity index (χ3v) is 2.67. The number of anilines is 1. The van der Waals surface area contributed by atoms with Gasteiger partial charge >= 0.3 is 6.18 Å². The maximum absolute atomic E-state index is 12.3. The van der Waals surface area contributed by atoms with Crippen molar-refractivity contribution in [3.8, 4) is 0 Å². The van der Waals surface area contributed by atoms with E-state index >= 15 is 0 Å². The number of nitrogen functional groups attached to an aromatic ring is 1. The lowest BCUT2D eigenvalue weighted by Crippen LogP contribution is -2.33. The van der Waals surface area contributed by atoms with E-state index in [0.29, 0.717) is 22.8 Å². The first-order chi connectivity index (χ1) is 7.81. The van der Waals surface area contributed by atoms with Gasteiger partial charge in [-0.3, -0.25) is 4.90 Å². The topological polar surface area (TPSA) is 29.3 Å². The Morgan fingerprint density at radius 1 is 1.35 bits per heavy atom. The summed E-state index contributed by atoms with van der Waals surface area (Å²) in [4.78, 5) is 1.28. The Kier molecular flexibility index (Phi) is 4.65. The monoisotopic (exact) mass is 266 g/mol. The van der Waals surface area contributed by atoms with Gasteiger partial charge < -0.3 is 5.73 Å². The van der Waals surface area contributed by atoms with Crippen LogP contribution >= 0.6 is 11.6 Å². The predicted octanol–water partition coefficient (Wildman–Crippen LogP) is 3.31. The van der Waals surface area contributed by atoms with Gasteiger partial charge in [-0.15, -0.1) is 0 Å². The fourth-order valence-corrected chi connectivity index (χ4v) is 1.71. The number of hydrogen-bond donors (Lipinski definition) is 1. The average molecular weight is 267 g/mol. The molecule has 0 fully saturated rings. The first-order valence-electron chi connectivity index (χ1n) is 5.15. The molecular weight excluding hydrogens is 253 g/mol. The van der Waals surface area contributed by atoms with Gasteiger partial charge in [-0.1, -0.05) is 24.6 Å². The van der Waals surface area contributed by atoms with Gasteiger partial charge in [0.05, 0.1) is 6.54 Å². The lowest BCUT2D eigenvalue weighted by Gasteiger charge is -2.22. The molecule has 0 saturated heterocycles. The van der Waals surface area contributed by atoms with Gasteiger partial charge in [0.2, 0.25) is 0 Å². The molecule has 0 spiro atoms. The quantitative estimate of drug-likeness (QED) is 0.847. The van der Waals surface area contributed by atoms with Crippen LogP contribution in [0, 0.1) is 0 Å². The molecule has 6 heteroatoms. The first-order valence-corrected chi connectivity index (χ1v) is 5.52. The van der Waals surface area contributed by atoms with Gasteiger partial charge in [0, 0.05) is 17.3 Å². The molecular formula is C11H14ClF3N2. The van der Waals surface area contributed by atoms with E-state index in [1.54, 1.807) is 19.1 Å². The van der Waals surface area contributed by atoms with Crippen LogP contribution in [0.25, 0.3) is 0 Å². The Labute approximate surface area is 103 Å². The van der Waals surface area contributed by atoms with Crippen molar-refractivity contribution in [3.63, 3.8) is 0 Å². The highest BCUT2D eigenvalue weighted by atomic mass is 35.5. The molecule has 0 heterocycles. The normalized spacial score (nSPS) is 12.1. The Balaban J connectivity index is 2.74. The lowest BCUT2D eigenvalue weighted by atomic mass is 10.2. The first kappa shape index (κ1) is 14.1. The Morgan fingerprint density at radius 2 is 2.00 bits per heavy atom. The van der Waals surface area contributed by atoms with Crippen molar-refractivity contribution >= 4 is 17.3 Å². The van der Waals surface area contributed by atoms with E-state index in [1.165, 1.54) is 11.0 Å². The molecule has 0 aromatic heterocycles. The molecule has 1 aromatic rings. The summed E-state index contributed by atoms with van der Waals surface area (Å²) >= 11 is 5.91. The van der Waals surface area contributed by atoms with Crippen LogP contribution in [0.2, 0.25) is 5.02 Å². The Morgan fingerprint density at radius 3 is 2.47 bits per heavy atom. The molecule has 0 aliphatic heterocycles. The molecule has 1 aromatic carbocycles. The van der Waals surface area contributed by atoms with Crippen molar-refractivity contribution in [1.29, 1.82) is 0 Å². The average Bonchev–Trinajstić information content (AvgIpc) is 2.19. The summed E-state index contributed by atoms with van der Waals surface area (Å²) in [6.45, 7) is 1.20. The van der Waals surface area contributed by atoms with E-state index < -0.39 is 12.7 Å². The van der Waals surface area contributed by atoms with Crippen LogP contribution in [0.5, 0.6) is 0 Å². The molecule has 0 unspecified atom stereocenters. The second kappa shape index (κ2) is 5.60. The number of halogens is 4. The molecule has 0 radical (unpaired) electrons. The molecule has 0 atom stereocenters. The van der Waals surface area contributed by atoms with Crippen molar-refractivity contribution in [1.82, 2.24) is 4.90 Å². The molecule has 1 rings (SSSR count). The molecule has 2 N–H and O–H groups in total. The van der Waals surface area contributed by atoms with E-state index in [9.17, 15) is 13.2 Å². The smallest absolute Gasteiger partial charge is 0.399 e. The van der Waals surface area contributed by atoms with Crippen LogP contribution in [-0.2, 0) is 6.54 Å². The number of nitrogens with zero attached hydrogens (tertiary/aromatic N) is 1. The fraction of sp³-hybridized carbons (Fsp3) is 0.455. The van der Waals surface area contributed by atoms with Gasteiger partial charge in [-0.25, -0.2) is 0 Å². The van der Waals surface area contributed by atoms with Crippen LogP contribution in [-0.4, -0.2) is 24.2 Å². The number of benzene rings is 1. The molecule has 0 aliphatic rings. The highest BCUT2D eigenvalue weighted by molar-refractivity contribution is 6.31. The van der Waals surface area contributed by atoms with Crippen LogP contribution < -0.4 is 5.73 Å². The zero-order valence-electron chi connectivity index (χ0n) is 9.39. The minimum atomic E-state index is -4.20. The van der Waals surface area contributed by atoms with Crippen molar-refractivity contribution in [3.05, 3.63) is 28.8 Å². The van der Waals surface area contributed by atoms with Crippen LogP contribution in [0.4, 0.5) is 18.9 Å². The van der Waals surface area contributed by atoms with Gasteiger partial charge in [0.1, 0.15) is 0 Å². The second-order valence-corrected chi connectivity index (χ2v) is 4.18. The van der Waals surface area contributed by atoms with Crippen molar-refractivity contribution in [2.24, 2.45) is 0 Å². The number of alkyl halides is 3. The summed E-state index contributed by atoms with van der Waals surface area (Å²) in [6.07, 6.45) is -4.20. The number of rotatable bonds is 4. The van der Waals surface area contributed by atoms with E-state index in [4.69, 9.17) is 17.3 Å². The Hall–Kier alpha value is -0.940. The van der Waals surface area contributed by atoms with Crippen LogP contribution in [0.1, 0.15) is 12.5 Å². The van der Waals surface area contributed by atoms with Crippen molar-refractivity contribution in [2.75, 3.05) is 18.8 Å². The van der Waals surface area contributed by atoms with Gasteiger partial charge in [-0.2, -0.15) is 13.2 Å². The summed E-state index contributed by atoms with van der Waals surface area (Å²) in [5.41, 5.74) is 6.66. The maximum atomic E-state index is 12.3. The molecule has 0 aliphatic carbocycles. The third kappa shape index (κ3) is 4.83. The molecule has 0 saturated carbocycles. The summed E-state index contributed by atoms with van der Waals surface area (Å²) < 4.78 is 36.8. The number of hydrogen-bond acceptors (Lipinski definition) is 2. The third-order valence-electron chi connectivity index (χ3n) is 2.32. The predicted molar refractivity (Wildman–Crippen MR) is 62.9 cm³/mol. The molecule has 96 valence electrons. The van der Waals surface area contributed by atoms with Crippen LogP contribution in [0.3, 0.4) is 0 Å². The Bertz CT molecular complexity index is 379. The summed E-state index contributed by atoms with van der Waals surface area (Å²) in [5, 5.41) is 0.394. The van der Waals surface area contributed by atoms with Gasteiger partial charge in [-0.05, 0) is 24.2 Å². The van der Waals surface area contributed by atoms with E-state index in [2.05, 4.69) is 0 Å². The molecule has 2 nitrogen and oxygen atoms in total. The summed E-state index contributed by atoms with van der Waals surface area (Å²) in [7, 11) is 0. The minimum absolute atomic E-state index is 0.162.